The zero-order valence-electron chi connectivity index (χ0n) is 12.4. The largest absolute Gasteiger partial charge is 0.374 e. The number of amides is 1. The number of carbonyl (C=O) groups excluding carboxylic acids is 1. The molecule has 1 rings (SSSR count). The van der Waals surface area contributed by atoms with Gasteiger partial charge in [0.1, 0.15) is 11.6 Å². The number of nitrogens with one attached hydrogen (secondary N) is 1. The van der Waals surface area contributed by atoms with Crippen molar-refractivity contribution in [2.75, 3.05) is 39.3 Å². The fourth-order valence-electron chi connectivity index (χ4n) is 2.02. The van der Waals surface area contributed by atoms with E-state index in [1.165, 1.54) is 0 Å². The highest BCUT2D eigenvalue weighted by Gasteiger charge is 2.17. The van der Waals surface area contributed by atoms with Crippen molar-refractivity contribution in [1.29, 1.82) is 5.26 Å². The molecule has 0 aromatic carbocycles. The minimum Gasteiger partial charge on any atom is -0.374 e. The Kier molecular flexibility index (Phi) is 7.05. The lowest BCUT2D eigenvalue weighted by atomic mass is 10.2. The Morgan fingerprint density at radius 3 is 2.60 bits per heavy atom. The number of hydrogen-bond donors (Lipinski definition) is 2. The lowest BCUT2D eigenvalue weighted by molar-refractivity contribution is -0.117. The van der Waals surface area contributed by atoms with E-state index in [2.05, 4.69) is 10.2 Å². The molecule has 1 saturated heterocycles. The fraction of sp³-hybridized carbons (Fsp3) is 0.714. The number of piperazine rings is 1. The molecule has 0 saturated carbocycles. The summed E-state index contributed by atoms with van der Waals surface area (Å²) in [6.45, 7) is 8.96. The normalized spacial score (nSPS) is 18.5. The van der Waals surface area contributed by atoms with Crippen molar-refractivity contribution in [3.05, 3.63) is 11.8 Å². The predicted molar refractivity (Wildman–Crippen MR) is 78.7 cm³/mol. The molecular weight excluding hydrogens is 254 g/mol. The summed E-state index contributed by atoms with van der Waals surface area (Å²) in [5, 5.41) is 11.9. The molecule has 1 amide bonds. The summed E-state index contributed by atoms with van der Waals surface area (Å²) in [7, 11) is 0. The Morgan fingerprint density at radius 2 is 2.10 bits per heavy atom. The molecule has 0 aromatic rings. The summed E-state index contributed by atoms with van der Waals surface area (Å²) in [4.78, 5) is 16.2. The van der Waals surface area contributed by atoms with Crippen molar-refractivity contribution < 1.29 is 4.79 Å². The molecule has 0 aliphatic carbocycles. The smallest absolute Gasteiger partial charge is 0.263 e. The van der Waals surface area contributed by atoms with Crippen LogP contribution in [0.15, 0.2) is 11.8 Å². The van der Waals surface area contributed by atoms with E-state index in [1.807, 2.05) is 24.8 Å². The highest BCUT2D eigenvalue weighted by Crippen LogP contribution is 2.05. The molecule has 1 unspecified atom stereocenters. The zero-order valence-corrected chi connectivity index (χ0v) is 12.4. The van der Waals surface area contributed by atoms with Crippen molar-refractivity contribution in [3.8, 4) is 6.07 Å². The van der Waals surface area contributed by atoms with Gasteiger partial charge < -0.3 is 16.0 Å². The topological polar surface area (TPSA) is 85.4 Å². The number of hydrogen-bond acceptors (Lipinski definition) is 5. The highest BCUT2D eigenvalue weighted by atomic mass is 16.1. The van der Waals surface area contributed by atoms with Gasteiger partial charge in [-0.05, 0) is 13.3 Å². The van der Waals surface area contributed by atoms with Gasteiger partial charge in [0, 0.05) is 51.5 Å². The average Bonchev–Trinajstić information content (AvgIpc) is 2.46. The third-order valence-electron chi connectivity index (χ3n) is 3.52. The van der Waals surface area contributed by atoms with E-state index < -0.39 is 0 Å². The summed E-state index contributed by atoms with van der Waals surface area (Å²) < 4.78 is 0. The maximum Gasteiger partial charge on any atom is 0.263 e. The molecular formula is C14H25N5O. The maximum atomic E-state index is 11.9. The Morgan fingerprint density at radius 1 is 1.45 bits per heavy atom. The highest BCUT2D eigenvalue weighted by molar-refractivity contribution is 5.97. The summed E-state index contributed by atoms with van der Waals surface area (Å²) in [6, 6.07) is 2.07. The Labute approximate surface area is 121 Å². The third-order valence-corrected chi connectivity index (χ3v) is 3.52. The monoisotopic (exact) mass is 279 g/mol. The Hall–Kier alpha value is -1.58. The van der Waals surface area contributed by atoms with Crippen LogP contribution in [0.25, 0.3) is 0 Å². The van der Waals surface area contributed by atoms with Crippen molar-refractivity contribution in [2.45, 2.75) is 26.3 Å². The second-order valence-corrected chi connectivity index (χ2v) is 5.10. The van der Waals surface area contributed by atoms with Crippen LogP contribution >= 0.6 is 0 Å². The Bertz CT molecular complexity index is 380. The van der Waals surface area contributed by atoms with Crippen LogP contribution in [0.5, 0.6) is 0 Å². The molecule has 0 spiro atoms. The van der Waals surface area contributed by atoms with E-state index >= 15 is 0 Å². The van der Waals surface area contributed by atoms with Gasteiger partial charge in [-0.15, -0.1) is 0 Å². The molecule has 1 atom stereocenters. The van der Waals surface area contributed by atoms with Crippen LogP contribution in [0.3, 0.4) is 0 Å². The van der Waals surface area contributed by atoms with Crippen LogP contribution in [0.2, 0.25) is 0 Å². The van der Waals surface area contributed by atoms with Gasteiger partial charge in [0.2, 0.25) is 0 Å². The molecule has 20 heavy (non-hydrogen) atoms. The first-order chi connectivity index (χ1) is 9.60. The van der Waals surface area contributed by atoms with Gasteiger partial charge in [0.05, 0.1) is 0 Å². The van der Waals surface area contributed by atoms with E-state index in [0.29, 0.717) is 6.54 Å². The first kappa shape index (κ1) is 16.5. The predicted octanol–water partition coefficient (Wildman–Crippen LogP) is -0.115. The number of nitriles is 1. The fourth-order valence-corrected chi connectivity index (χ4v) is 2.02. The van der Waals surface area contributed by atoms with Crippen molar-refractivity contribution in [2.24, 2.45) is 5.73 Å². The molecule has 6 heteroatoms. The maximum absolute atomic E-state index is 11.9. The second kappa shape index (κ2) is 8.56. The lowest BCUT2D eigenvalue weighted by Gasteiger charge is -2.33. The van der Waals surface area contributed by atoms with Gasteiger partial charge in [-0.3, -0.25) is 9.69 Å². The standard InChI is InChI=1S/C14H25N5O/c1-3-12(2)17-14(20)13(10-16)11-19-8-6-18(5-4-15)7-9-19/h11-12H,3-9,15H2,1-2H3,(H,17,20)/b13-11-. The van der Waals surface area contributed by atoms with Crippen molar-refractivity contribution >= 4 is 5.91 Å². The second-order valence-electron chi connectivity index (χ2n) is 5.10. The molecule has 1 heterocycles. The first-order valence-electron chi connectivity index (χ1n) is 7.20. The van der Waals surface area contributed by atoms with Gasteiger partial charge in [-0.2, -0.15) is 5.26 Å². The zero-order chi connectivity index (χ0) is 15.0. The summed E-state index contributed by atoms with van der Waals surface area (Å²) in [6.07, 6.45) is 2.53. The van der Waals surface area contributed by atoms with Crippen LogP contribution in [0.4, 0.5) is 0 Å². The van der Waals surface area contributed by atoms with Crippen LogP contribution in [-0.2, 0) is 4.79 Å². The minimum atomic E-state index is -0.286. The SMILES string of the molecule is CCC(C)NC(=O)/C(C#N)=C\N1CCN(CCN)CC1. The summed E-state index contributed by atoms with van der Waals surface area (Å²) >= 11 is 0. The van der Waals surface area contributed by atoms with E-state index in [9.17, 15) is 4.79 Å². The molecule has 3 N–H and O–H groups in total. The van der Waals surface area contributed by atoms with Gasteiger partial charge >= 0.3 is 0 Å². The van der Waals surface area contributed by atoms with E-state index in [4.69, 9.17) is 11.0 Å². The molecule has 112 valence electrons. The van der Waals surface area contributed by atoms with Crippen molar-refractivity contribution in [3.63, 3.8) is 0 Å². The van der Waals surface area contributed by atoms with Crippen LogP contribution < -0.4 is 11.1 Å². The van der Waals surface area contributed by atoms with Crippen LogP contribution in [0.1, 0.15) is 20.3 Å². The molecule has 6 nitrogen and oxygen atoms in total. The van der Waals surface area contributed by atoms with Crippen molar-refractivity contribution in [1.82, 2.24) is 15.1 Å². The van der Waals surface area contributed by atoms with Gasteiger partial charge in [0.25, 0.3) is 5.91 Å². The number of rotatable bonds is 6. The quantitative estimate of drug-likeness (QED) is 0.523. The van der Waals surface area contributed by atoms with Gasteiger partial charge in [-0.25, -0.2) is 0 Å². The first-order valence-corrected chi connectivity index (χ1v) is 7.20. The molecule has 1 aliphatic rings. The van der Waals surface area contributed by atoms with Gasteiger partial charge in [-0.1, -0.05) is 6.92 Å². The molecule has 1 aliphatic heterocycles. The molecule has 0 radical (unpaired) electrons. The van der Waals surface area contributed by atoms with Crippen LogP contribution in [-0.4, -0.2) is 61.0 Å². The van der Waals surface area contributed by atoms with E-state index in [-0.39, 0.29) is 17.5 Å². The lowest BCUT2D eigenvalue weighted by Crippen LogP contribution is -2.46. The average molecular weight is 279 g/mol. The molecule has 0 bridgehead atoms. The number of nitrogens with zero attached hydrogens (tertiary/aromatic N) is 3. The van der Waals surface area contributed by atoms with E-state index in [1.54, 1.807) is 6.20 Å². The summed E-state index contributed by atoms with van der Waals surface area (Å²) in [5.41, 5.74) is 5.71. The molecule has 0 aromatic heterocycles. The van der Waals surface area contributed by atoms with E-state index in [0.717, 1.165) is 39.1 Å². The van der Waals surface area contributed by atoms with Gasteiger partial charge in [0.15, 0.2) is 0 Å². The number of carbonyl (C=O) groups is 1. The number of nitrogens with two attached hydrogens (primary N) is 1. The Balaban J connectivity index is 2.54. The van der Waals surface area contributed by atoms with Crippen LogP contribution in [0, 0.1) is 11.3 Å². The third kappa shape index (κ3) is 5.19. The molecule has 1 fully saturated rings. The summed E-state index contributed by atoms with van der Waals surface area (Å²) in [5.74, 6) is -0.286. The minimum absolute atomic E-state index is 0.0839.